The van der Waals surface area contributed by atoms with Gasteiger partial charge in [-0.25, -0.2) is 0 Å². The van der Waals surface area contributed by atoms with Crippen LogP contribution in [0.3, 0.4) is 0 Å². The second-order valence-electron chi connectivity index (χ2n) is 4.54. The van der Waals surface area contributed by atoms with Gasteiger partial charge in [-0.15, -0.1) is 0 Å². The van der Waals surface area contributed by atoms with Gasteiger partial charge in [-0.3, -0.25) is 4.79 Å². The van der Waals surface area contributed by atoms with E-state index in [9.17, 15) is 4.79 Å². The Bertz CT molecular complexity index is 635. The van der Waals surface area contributed by atoms with Crippen molar-refractivity contribution in [3.63, 3.8) is 0 Å². The number of carbonyl (C=O) groups is 1. The summed E-state index contributed by atoms with van der Waals surface area (Å²) in [5, 5.41) is 3.26. The number of ketones is 1. The zero-order valence-corrected chi connectivity index (χ0v) is 11.5. The molecule has 0 fully saturated rings. The fraction of sp³-hybridized carbons (Fsp3) is 0.167. The molecule has 0 aromatic heterocycles. The highest BCUT2D eigenvalue weighted by Gasteiger charge is 1.99. The summed E-state index contributed by atoms with van der Waals surface area (Å²) in [5.74, 6) is 6.50. The number of hydrogen-bond acceptors (Lipinski definition) is 2. The van der Waals surface area contributed by atoms with E-state index in [-0.39, 0.29) is 5.78 Å². The molecule has 0 heterocycles. The van der Waals surface area contributed by atoms with Gasteiger partial charge in [0.15, 0.2) is 0 Å². The summed E-state index contributed by atoms with van der Waals surface area (Å²) in [6, 6.07) is 17.8. The topological polar surface area (TPSA) is 29.1 Å². The molecule has 1 N–H and O–H groups in total. The lowest BCUT2D eigenvalue weighted by molar-refractivity contribution is -0.116. The molecule has 0 aliphatic rings. The van der Waals surface area contributed by atoms with Crippen LogP contribution in [0.1, 0.15) is 24.5 Å². The summed E-state index contributed by atoms with van der Waals surface area (Å²) in [5.41, 5.74) is 2.91. The van der Waals surface area contributed by atoms with Gasteiger partial charge in [-0.05, 0) is 31.2 Å². The predicted octanol–water partition coefficient (Wildman–Crippen LogP) is 3.48. The zero-order chi connectivity index (χ0) is 14.2. The van der Waals surface area contributed by atoms with E-state index in [0.717, 1.165) is 16.8 Å². The van der Waals surface area contributed by atoms with E-state index in [1.54, 1.807) is 6.92 Å². The van der Waals surface area contributed by atoms with Gasteiger partial charge in [0.25, 0.3) is 0 Å². The van der Waals surface area contributed by atoms with Crippen LogP contribution in [0.4, 0.5) is 5.69 Å². The Morgan fingerprint density at radius 2 is 1.70 bits per heavy atom. The van der Waals surface area contributed by atoms with Gasteiger partial charge in [0.05, 0.1) is 0 Å². The molecule has 2 heteroatoms. The molecule has 2 rings (SSSR count). The highest BCUT2D eigenvalue weighted by molar-refractivity contribution is 5.76. The molecule has 0 atom stereocenters. The molecule has 20 heavy (non-hydrogen) atoms. The third-order valence-electron chi connectivity index (χ3n) is 2.83. The third-order valence-corrected chi connectivity index (χ3v) is 2.83. The maximum atomic E-state index is 11.0. The van der Waals surface area contributed by atoms with E-state index in [0.29, 0.717) is 13.0 Å². The highest BCUT2D eigenvalue weighted by atomic mass is 16.1. The molecule has 100 valence electrons. The first-order valence-electron chi connectivity index (χ1n) is 6.65. The van der Waals surface area contributed by atoms with E-state index in [1.807, 2.05) is 54.6 Å². The number of Topliss-reactive ketones (excluding diaryl/α,β-unsaturated/α-hetero) is 1. The van der Waals surface area contributed by atoms with Gasteiger partial charge < -0.3 is 5.32 Å². The SMILES string of the molecule is CC(=O)CCNc1ccccc1C#Cc1ccccc1. The number of benzene rings is 2. The van der Waals surface area contributed by atoms with Crippen molar-refractivity contribution in [2.45, 2.75) is 13.3 Å². The van der Waals surface area contributed by atoms with Gasteiger partial charge in [0.1, 0.15) is 5.78 Å². The molecule has 0 saturated carbocycles. The minimum atomic E-state index is 0.186. The molecule has 0 radical (unpaired) electrons. The average molecular weight is 263 g/mol. The van der Waals surface area contributed by atoms with E-state index < -0.39 is 0 Å². The van der Waals surface area contributed by atoms with Gasteiger partial charge in [0, 0.05) is 29.8 Å². The highest BCUT2D eigenvalue weighted by Crippen LogP contribution is 2.13. The second kappa shape index (κ2) is 7.16. The zero-order valence-electron chi connectivity index (χ0n) is 11.5. The van der Waals surface area contributed by atoms with Crippen molar-refractivity contribution in [2.75, 3.05) is 11.9 Å². The molecule has 0 aliphatic heterocycles. The lowest BCUT2D eigenvalue weighted by Crippen LogP contribution is -2.06. The molecule has 0 amide bonds. The van der Waals surface area contributed by atoms with Crippen molar-refractivity contribution in [1.29, 1.82) is 0 Å². The minimum Gasteiger partial charge on any atom is -0.384 e. The molecule has 0 spiro atoms. The number of nitrogens with one attached hydrogen (secondary N) is 1. The van der Waals surface area contributed by atoms with E-state index >= 15 is 0 Å². The summed E-state index contributed by atoms with van der Waals surface area (Å²) in [4.78, 5) is 11.0. The van der Waals surface area contributed by atoms with Crippen molar-refractivity contribution < 1.29 is 4.79 Å². The van der Waals surface area contributed by atoms with Crippen LogP contribution in [0.2, 0.25) is 0 Å². The van der Waals surface area contributed by atoms with Crippen molar-refractivity contribution in [3.05, 3.63) is 65.7 Å². The Morgan fingerprint density at radius 3 is 2.45 bits per heavy atom. The Balaban J connectivity index is 2.12. The summed E-state index contributed by atoms with van der Waals surface area (Å²) in [6.07, 6.45) is 0.528. The van der Waals surface area contributed by atoms with Crippen LogP contribution in [0, 0.1) is 11.8 Å². The maximum Gasteiger partial charge on any atom is 0.131 e. The third kappa shape index (κ3) is 4.29. The number of para-hydroxylation sites is 1. The number of anilines is 1. The normalized spacial score (nSPS) is 9.45. The van der Waals surface area contributed by atoms with Crippen LogP contribution in [0.15, 0.2) is 54.6 Å². The lowest BCUT2D eigenvalue weighted by Gasteiger charge is -2.07. The first-order valence-corrected chi connectivity index (χ1v) is 6.65. The van der Waals surface area contributed by atoms with Crippen molar-refractivity contribution in [1.82, 2.24) is 0 Å². The summed E-state index contributed by atoms with van der Waals surface area (Å²) < 4.78 is 0. The predicted molar refractivity (Wildman–Crippen MR) is 82.7 cm³/mol. The number of hydrogen-bond donors (Lipinski definition) is 1. The molecule has 0 aliphatic carbocycles. The first kappa shape index (κ1) is 13.9. The van der Waals surface area contributed by atoms with Crippen LogP contribution in [0.5, 0.6) is 0 Å². The van der Waals surface area contributed by atoms with Crippen molar-refractivity contribution >= 4 is 11.5 Å². The first-order chi connectivity index (χ1) is 9.75. The molecule has 0 bridgehead atoms. The van der Waals surface area contributed by atoms with Gasteiger partial charge >= 0.3 is 0 Å². The summed E-state index contributed by atoms with van der Waals surface area (Å²) in [6.45, 7) is 2.24. The van der Waals surface area contributed by atoms with Gasteiger partial charge in [-0.1, -0.05) is 42.2 Å². The van der Waals surface area contributed by atoms with Crippen LogP contribution >= 0.6 is 0 Å². The van der Waals surface area contributed by atoms with Gasteiger partial charge in [0.2, 0.25) is 0 Å². The van der Waals surface area contributed by atoms with Crippen molar-refractivity contribution in [3.8, 4) is 11.8 Å². The molecular formula is C18H17NO. The fourth-order valence-electron chi connectivity index (χ4n) is 1.78. The van der Waals surface area contributed by atoms with Crippen LogP contribution in [-0.4, -0.2) is 12.3 Å². The average Bonchev–Trinajstić information content (AvgIpc) is 2.47. The molecule has 2 aromatic carbocycles. The Labute approximate surface area is 119 Å². The molecule has 0 unspecified atom stereocenters. The van der Waals surface area contributed by atoms with Crippen LogP contribution < -0.4 is 5.32 Å². The largest absolute Gasteiger partial charge is 0.384 e. The second-order valence-corrected chi connectivity index (χ2v) is 4.54. The number of rotatable bonds is 4. The minimum absolute atomic E-state index is 0.186. The maximum absolute atomic E-state index is 11.0. The van der Waals surface area contributed by atoms with E-state index in [4.69, 9.17) is 0 Å². The Kier molecular flexibility index (Phi) is 4.97. The summed E-state index contributed by atoms with van der Waals surface area (Å²) >= 11 is 0. The van der Waals surface area contributed by atoms with E-state index in [2.05, 4.69) is 17.2 Å². The fourth-order valence-corrected chi connectivity index (χ4v) is 1.78. The summed E-state index contributed by atoms with van der Waals surface area (Å²) in [7, 11) is 0. The standard InChI is InChI=1S/C18H17NO/c1-15(20)13-14-19-18-10-6-5-9-17(18)12-11-16-7-3-2-4-8-16/h2-10,19H,13-14H2,1H3. The van der Waals surface area contributed by atoms with Crippen LogP contribution in [-0.2, 0) is 4.79 Å². The van der Waals surface area contributed by atoms with E-state index in [1.165, 1.54) is 0 Å². The quantitative estimate of drug-likeness (QED) is 0.856. The Hall–Kier alpha value is -2.53. The molecular weight excluding hydrogens is 246 g/mol. The molecule has 2 aromatic rings. The molecule has 2 nitrogen and oxygen atoms in total. The smallest absolute Gasteiger partial charge is 0.131 e. The van der Waals surface area contributed by atoms with Crippen LogP contribution in [0.25, 0.3) is 0 Å². The number of carbonyl (C=O) groups excluding carboxylic acids is 1. The monoisotopic (exact) mass is 263 g/mol. The van der Waals surface area contributed by atoms with Crippen molar-refractivity contribution in [2.24, 2.45) is 0 Å². The van der Waals surface area contributed by atoms with Gasteiger partial charge in [-0.2, -0.15) is 0 Å². The molecule has 0 saturated heterocycles. The Morgan fingerprint density at radius 1 is 1.00 bits per heavy atom. The lowest BCUT2D eigenvalue weighted by atomic mass is 10.1.